The molecule has 2 N–H and O–H groups in total. The van der Waals surface area contributed by atoms with Gasteiger partial charge < -0.3 is 23.9 Å². The van der Waals surface area contributed by atoms with Gasteiger partial charge in [-0.1, -0.05) is 10.3 Å². The van der Waals surface area contributed by atoms with Crippen molar-refractivity contribution in [2.75, 3.05) is 0 Å². The highest BCUT2D eigenvalue weighted by atomic mass is 79.9. The zero-order valence-electron chi connectivity index (χ0n) is 39.6. The van der Waals surface area contributed by atoms with E-state index in [1.807, 2.05) is 60.6 Å². The third-order valence-electron chi connectivity index (χ3n) is 12.3. The number of nitrogens with zero attached hydrogens (tertiary/aromatic N) is 10. The average Bonchev–Trinajstić information content (AvgIpc) is 4.23. The fraction of sp³-hybridized carbons (Fsp3) is 0.314. The van der Waals surface area contributed by atoms with E-state index in [1.54, 1.807) is 31.2 Å². The van der Waals surface area contributed by atoms with Crippen LogP contribution >= 0.6 is 15.9 Å². The number of ketones is 1. The number of imidazole rings is 2. The second-order valence-electron chi connectivity index (χ2n) is 18.7. The average molecular weight is 1010 g/mol. The fourth-order valence-corrected chi connectivity index (χ4v) is 9.31. The summed E-state index contributed by atoms with van der Waals surface area (Å²) in [5.74, 6) is 2.20. The number of halogens is 2. The summed E-state index contributed by atoms with van der Waals surface area (Å²) in [7, 11) is 0. The second-order valence-corrected chi connectivity index (χ2v) is 19.6. The Kier molecular flexibility index (Phi) is 11.6. The molecule has 1 atom stereocenters. The zero-order chi connectivity index (χ0) is 49.4. The van der Waals surface area contributed by atoms with E-state index in [4.69, 9.17) is 23.8 Å². The van der Waals surface area contributed by atoms with Gasteiger partial charge in [-0.25, -0.2) is 48.6 Å². The van der Waals surface area contributed by atoms with E-state index in [-0.39, 0.29) is 34.6 Å². The molecule has 17 nitrogen and oxygen atoms in total. The zero-order valence-corrected chi connectivity index (χ0v) is 41.1. The summed E-state index contributed by atoms with van der Waals surface area (Å²) in [6.45, 7) is 14.3. The van der Waals surface area contributed by atoms with Gasteiger partial charge in [0.2, 0.25) is 11.6 Å². The number of aromatic nitrogens is 11. The van der Waals surface area contributed by atoms with Crippen LogP contribution in [0.5, 0.6) is 0 Å². The number of fused-ring (bicyclic) bond motifs is 2. The summed E-state index contributed by atoms with van der Waals surface area (Å²) in [4.78, 5) is 61.1. The number of ether oxygens (including phenoxy) is 1. The molecule has 7 aromatic heterocycles. The van der Waals surface area contributed by atoms with Gasteiger partial charge in [-0.15, -0.1) is 0 Å². The molecule has 2 aliphatic carbocycles. The van der Waals surface area contributed by atoms with Crippen molar-refractivity contribution in [2.24, 2.45) is 0 Å². The topological polar surface area (TPSA) is 227 Å². The molecule has 1 unspecified atom stereocenters. The SMILES string of the molecule is Cc1nc(Br)cc(C(O)(c2ncccn2)c2cc(-c3c(C)noc3C)cc3[nH]c(C4CC4)nc23)c1F.Cc1noc(C)c1-c1cc(C(=O)c2ncccn2)c2nc(C3CC3)n(C(=O)OC(C)(C)C)c2c1. The number of aryl methyl sites for hydroxylation is 5. The van der Waals surface area contributed by atoms with Gasteiger partial charge in [0.1, 0.15) is 38.9 Å². The van der Waals surface area contributed by atoms with Crippen molar-refractivity contribution in [3.8, 4) is 22.3 Å². The van der Waals surface area contributed by atoms with Gasteiger partial charge in [-0.3, -0.25) is 4.79 Å². The van der Waals surface area contributed by atoms with Crippen LogP contribution in [-0.2, 0) is 10.3 Å². The van der Waals surface area contributed by atoms with E-state index >= 15 is 4.39 Å². The molecular weight excluding hydrogens is 962 g/mol. The van der Waals surface area contributed by atoms with Crippen molar-refractivity contribution in [2.45, 2.75) is 104 Å². The molecule has 356 valence electrons. The predicted molar refractivity (Wildman–Crippen MR) is 258 cm³/mol. The smallest absolute Gasteiger partial charge is 0.420 e. The first-order chi connectivity index (χ1) is 33.4. The highest BCUT2D eigenvalue weighted by Gasteiger charge is 2.43. The van der Waals surface area contributed by atoms with Crippen LogP contribution in [0.15, 0.2) is 80.9 Å². The van der Waals surface area contributed by atoms with Gasteiger partial charge in [0.25, 0.3) is 0 Å². The van der Waals surface area contributed by atoms with Crippen molar-refractivity contribution in [1.29, 1.82) is 0 Å². The standard InChI is InChI=1S/C26H22BrFN6O2.C25H25N5O4/c1-12-21(14(3)36-34-12)16-9-18(23-19(10-16)32-24(33-23)15-5-6-15)26(35,25-29-7-4-8-30-25)17-11-20(27)31-13(2)22(17)28;1-13-19(14(2)34-29-13)16-11-17(21(31)22-26-9-6-10-27-22)20-18(12-16)30(23(28-20)15-7-8-15)24(32)33-25(3,4)5/h4,7-11,15,35H,5-6H2,1-3H3,(H,32,33);6,9-12,15H,7-8H2,1-5H3. The van der Waals surface area contributed by atoms with Crippen LogP contribution in [-0.4, -0.2) is 77.3 Å². The summed E-state index contributed by atoms with van der Waals surface area (Å²) in [5.41, 5.74) is 4.51. The van der Waals surface area contributed by atoms with E-state index in [9.17, 15) is 14.7 Å². The number of hydrogen-bond acceptors (Lipinski definition) is 15. The summed E-state index contributed by atoms with van der Waals surface area (Å²) < 4.78 is 34.1. The summed E-state index contributed by atoms with van der Waals surface area (Å²) in [6, 6.07) is 12.1. The number of aliphatic hydroxyl groups is 1. The van der Waals surface area contributed by atoms with Gasteiger partial charge in [-0.05, 0) is 151 Å². The molecule has 0 saturated heterocycles. The molecular formula is C51H47BrFN11O6. The number of H-pyrrole nitrogens is 1. The minimum absolute atomic E-state index is 0.0228. The van der Waals surface area contributed by atoms with Crippen molar-refractivity contribution in [1.82, 2.24) is 54.8 Å². The van der Waals surface area contributed by atoms with E-state index in [0.29, 0.717) is 78.0 Å². The Labute approximate surface area is 408 Å². The molecule has 0 bridgehead atoms. The van der Waals surface area contributed by atoms with E-state index in [2.05, 4.69) is 56.1 Å². The lowest BCUT2D eigenvalue weighted by molar-refractivity contribution is 0.0538. The normalized spacial score (nSPS) is 14.7. The summed E-state index contributed by atoms with van der Waals surface area (Å²) in [5, 5.41) is 20.7. The largest absolute Gasteiger partial charge is 0.443 e. The highest BCUT2D eigenvalue weighted by molar-refractivity contribution is 9.10. The van der Waals surface area contributed by atoms with Crippen LogP contribution in [0.4, 0.5) is 9.18 Å². The van der Waals surface area contributed by atoms with Crippen LogP contribution in [0, 0.1) is 40.4 Å². The number of nitrogens with one attached hydrogen (secondary N) is 1. The van der Waals surface area contributed by atoms with Crippen LogP contribution in [0.1, 0.15) is 132 Å². The maximum Gasteiger partial charge on any atom is 0.420 e. The van der Waals surface area contributed by atoms with Gasteiger partial charge >= 0.3 is 6.09 Å². The lowest BCUT2D eigenvalue weighted by Crippen LogP contribution is -2.33. The summed E-state index contributed by atoms with van der Waals surface area (Å²) >= 11 is 3.36. The van der Waals surface area contributed by atoms with Crippen molar-refractivity contribution >= 4 is 49.9 Å². The van der Waals surface area contributed by atoms with E-state index in [0.717, 1.165) is 48.2 Å². The second kappa shape index (κ2) is 17.5. The Bertz CT molecular complexity index is 3480. The number of aromatic amines is 1. The lowest BCUT2D eigenvalue weighted by Gasteiger charge is -2.29. The molecule has 0 spiro atoms. The third-order valence-corrected chi connectivity index (χ3v) is 12.7. The molecule has 70 heavy (non-hydrogen) atoms. The van der Waals surface area contributed by atoms with Crippen LogP contribution in [0.2, 0.25) is 0 Å². The number of carbonyl (C=O) groups is 2. The van der Waals surface area contributed by atoms with Gasteiger partial charge in [0.05, 0.1) is 39.2 Å². The minimum Gasteiger partial charge on any atom is -0.443 e. The molecule has 2 aromatic carbocycles. The van der Waals surface area contributed by atoms with Crippen LogP contribution < -0.4 is 0 Å². The Hall–Kier alpha value is -7.38. The number of hydrogen-bond donors (Lipinski definition) is 2. The number of pyridine rings is 1. The molecule has 0 amide bonds. The molecule has 2 aliphatic rings. The molecule has 2 saturated carbocycles. The van der Waals surface area contributed by atoms with Gasteiger partial charge in [0, 0.05) is 58.9 Å². The molecule has 9 aromatic rings. The third kappa shape index (κ3) is 8.46. The number of benzene rings is 2. The number of rotatable bonds is 9. The van der Waals surface area contributed by atoms with E-state index in [1.165, 1.54) is 35.4 Å². The monoisotopic (exact) mass is 1010 g/mol. The molecule has 11 rings (SSSR count). The molecule has 0 radical (unpaired) electrons. The fourth-order valence-electron chi connectivity index (χ4n) is 8.82. The quantitative estimate of drug-likeness (QED) is 0.101. The Morgan fingerprint density at radius 2 is 1.36 bits per heavy atom. The highest BCUT2D eigenvalue weighted by Crippen LogP contribution is 2.46. The Balaban J connectivity index is 0.000000162. The number of carbonyl (C=O) groups excluding carboxylic acids is 2. The van der Waals surface area contributed by atoms with Crippen LogP contribution in [0.3, 0.4) is 0 Å². The maximum absolute atomic E-state index is 15.7. The van der Waals surface area contributed by atoms with Gasteiger partial charge in [-0.2, -0.15) is 0 Å². The molecule has 19 heteroatoms. The summed E-state index contributed by atoms with van der Waals surface area (Å²) in [6.07, 6.45) is 9.48. The van der Waals surface area contributed by atoms with Crippen molar-refractivity contribution in [3.05, 3.63) is 146 Å². The minimum atomic E-state index is -2.08. The van der Waals surface area contributed by atoms with Crippen LogP contribution in [0.25, 0.3) is 44.3 Å². The molecule has 2 fully saturated rings. The van der Waals surface area contributed by atoms with Crippen molar-refractivity contribution < 1.29 is 32.9 Å². The first kappa shape index (κ1) is 46.4. The maximum atomic E-state index is 15.7. The molecule has 0 aliphatic heterocycles. The van der Waals surface area contributed by atoms with Crippen molar-refractivity contribution in [3.63, 3.8) is 0 Å². The van der Waals surface area contributed by atoms with E-state index < -0.39 is 23.1 Å². The Morgan fingerprint density at radius 1 is 0.757 bits per heavy atom. The predicted octanol–water partition coefficient (Wildman–Crippen LogP) is 10.4. The van der Waals surface area contributed by atoms with Gasteiger partial charge in [0.15, 0.2) is 17.2 Å². The lowest BCUT2D eigenvalue weighted by atomic mass is 9.82. The first-order valence-corrected chi connectivity index (χ1v) is 23.6. The molecule has 7 heterocycles. The Morgan fingerprint density at radius 3 is 1.93 bits per heavy atom. The first-order valence-electron chi connectivity index (χ1n) is 22.8.